The van der Waals surface area contributed by atoms with Crippen molar-refractivity contribution in [2.24, 2.45) is 11.3 Å². The molecule has 0 heterocycles. The second-order valence-corrected chi connectivity index (χ2v) is 8.17. The molecule has 0 aromatic heterocycles. The van der Waals surface area contributed by atoms with Crippen LogP contribution in [-0.4, -0.2) is 18.7 Å². The van der Waals surface area contributed by atoms with Crippen LogP contribution in [0.4, 0.5) is 0 Å². The Balaban J connectivity index is 1.67. The molecule has 0 saturated heterocycles. The van der Waals surface area contributed by atoms with Crippen molar-refractivity contribution in [2.45, 2.75) is 49.8 Å². The molecule has 2 bridgehead atoms. The molecule has 1 aromatic carbocycles. The first-order valence-electron chi connectivity index (χ1n) is 8.24. The maximum Gasteiger partial charge on any atom is 0.252 e. The average molecular weight is 338 g/mol. The van der Waals surface area contributed by atoms with Crippen LogP contribution in [0, 0.1) is 11.3 Å². The van der Waals surface area contributed by atoms with Crippen molar-refractivity contribution in [3.63, 3.8) is 0 Å². The summed E-state index contributed by atoms with van der Waals surface area (Å²) < 4.78 is 0. The van der Waals surface area contributed by atoms with E-state index in [1.807, 2.05) is 24.5 Å². The number of benzene rings is 1. The fourth-order valence-electron chi connectivity index (χ4n) is 4.24. The van der Waals surface area contributed by atoms with Gasteiger partial charge in [0.15, 0.2) is 0 Å². The van der Waals surface area contributed by atoms with Crippen molar-refractivity contribution in [2.75, 3.05) is 12.8 Å². The Morgan fingerprint density at radius 3 is 2.77 bits per heavy atom. The van der Waals surface area contributed by atoms with Crippen LogP contribution in [0.5, 0.6) is 0 Å². The molecule has 2 nitrogen and oxygen atoms in total. The molecule has 0 atom stereocenters. The highest BCUT2D eigenvalue weighted by Gasteiger charge is 2.39. The Morgan fingerprint density at radius 1 is 1.36 bits per heavy atom. The average Bonchev–Trinajstić information content (AvgIpc) is 2.53. The Morgan fingerprint density at radius 2 is 2.09 bits per heavy atom. The highest BCUT2D eigenvalue weighted by molar-refractivity contribution is 7.98. The molecule has 0 spiro atoms. The number of fused-ring (bicyclic) bond motifs is 2. The second-order valence-electron chi connectivity index (χ2n) is 6.88. The predicted molar refractivity (Wildman–Crippen MR) is 93.8 cm³/mol. The lowest BCUT2D eigenvalue weighted by Crippen LogP contribution is -2.43. The van der Waals surface area contributed by atoms with Gasteiger partial charge in [-0.1, -0.05) is 37.3 Å². The number of hydrogen-bond donors (Lipinski definition) is 1. The van der Waals surface area contributed by atoms with Crippen molar-refractivity contribution in [1.82, 2.24) is 5.32 Å². The molecule has 120 valence electrons. The minimum Gasteiger partial charge on any atom is -0.351 e. The first-order valence-corrected chi connectivity index (χ1v) is 9.84. The highest BCUT2D eigenvalue weighted by atomic mass is 35.5. The lowest BCUT2D eigenvalue weighted by atomic mass is 9.62. The Hall–Kier alpha value is -0.670. The van der Waals surface area contributed by atoms with Crippen LogP contribution >= 0.6 is 23.4 Å². The van der Waals surface area contributed by atoms with Crippen LogP contribution in [-0.2, 0) is 0 Å². The van der Waals surface area contributed by atoms with Crippen LogP contribution in [0.3, 0.4) is 0 Å². The van der Waals surface area contributed by atoms with Crippen molar-refractivity contribution in [3.8, 4) is 0 Å². The molecule has 0 unspecified atom stereocenters. The van der Waals surface area contributed by atoms with E-state index in [-0.39, 0.29) is 5.91 Å². The minimum atomic E-state index is -0.0250. The lowest BCUT2D eigenvalue weighted by Gasteiger charge is -2.45. The van der Waals surface area contributed by atoms with E-state index in [1.165, 1.54) is 44.9 Å². The topological polar surface area (TPSA) is 29.1 Å². The van der Waals surface area contributed by atoms with Crippen LogP contribution < -0.4 is 5.32 Å². The minimum absolute atomic E-state index is 0.0250. The van der Waals surface area contributed by atoms with Crippen molar-refractivity contribution < 1.29 is 4.79 Å². The van der Waals surface area contributed by atoms with Gasteiger partial charge in [0.1, 0.15) is 0 Å². The molecule has 1 aromatic rings. The number of nitrogens with one attached hydrogen (secondary N) is 1. The number of rotatable bonds is 4. The third-order valence-corrected chi connectivity index (χ3v) is 6.46. The summed E-state index contributed by atoms with van der Waals surface area (Å²) in [5, 5.41) is 3.71. The largest absolute Gasteiger partial charge is 0.351 e. The Bertz CT molecular complexity index is 550. The van der Waals surface area contributed by atoms with Gasteiger partial charge in [-0.2, -0.15) is 0 Å². The third kappa shape index (κ3) is 3.46. The Kier molecular flexibility index (Phi) is 5.03. The number of halogens is 1. The molecule has 0 aliphatic heterocycles. The molecule has 2 aliphatic rings. The molecule has 4 heteroatoms. The van der Waals surface area contributed by atoms with E-state index in [9.17, 15) is 4.79 Å². The second kappa shape index (κ2) is 6.84. The summed E-state index contributed by atoms with van der Waals surface area (Å²) in [4.78, 5) is 13.6. The number of carbonyl (C=O) groups is 1. The van der Waals surface area contributed by atoms with E-state index in [2.05, 4.69) is 5.32 Å². The maximum absolute atomic E-state index is 12.5. The molecule has 2 aliphatic carbocycles. The number of hydrogen-bond acceptors (Lipinski definition) is 2. The zero-order chi connectivity index (χ0) is 15.6. The van der Waals surface area contributed by atoms with E-state index >= 15 is 0 Å². The van der Waals surface area contributed by atoms with Gasteiger partial charge in [-0.05, 0) is 55.1 Å². The molecule has 22 heavy (non-hydrogen) atoms. The zero-order valence-electron chi connectivity index (χ0n) is 13.2. The third-order valence-electron chi connectivity index (χ3n) is 5.40. The molecule has 2 saturated carbocycles. The van der Waals surface area contributed by atoms with Crippen LogP contribution in [0.15, 0.2) is 23.1 Å². The number of amides is 1. The zero-order valence-corrected chi connectivity index (χ0v) is 14.7. The van der Waals surface area contributed by atoms with E-state index in [4.69, 9.17) is 11.6 Å². The van der Waals surface area contributed by atoms with Crippen molar-refractivity contribution in [3.05, 3.63) is 28.8 Å². The van der Waals surface area contributed by atoms with Crippen LogP contribution in [0.2, 0.25) is 5.02 Å². The molecule has 2 fully saturated rings. The van der Waals surface area contributed by atoms with E-state index in [0.717, 1.165) is 17.4 Å². The smallest absolute Gasteiger partial charge is 0.252 e. The first kappa shape index (κ1) is 16.2. The fraction of sp³-hybridized carbons (Fsp3) is 0.611. The summed E-state index contributed by atoms with van der Waals surface area (Å²) in [5.41, 5.74) is 0.952. The van der Waals surface area contributed by atoms with Gasteiger partial charge in [0.05, 0.1) is 10.6 Å². The summed E-state index contributed by atoms with van der Waals surface area (Å²) in [6, 6.07) is 5.66. The summed E-state index contributed by atoms with van der Waals surface area (Å²) in [6.45, 7) is 0.808. The summed E-state index contributed by atoms with van der Waals surface area (Å²) >= 11 is 7.83. The highest BCUT2D eigenvalue weighted by Crippen LogP contribution is 2.48. The quantitative estimate of drug-likeness (QED) is 0.769. The monoisotopic (exact) mass is 337 g/mol. The number of thioether (sulfide) groups is 1. The SMILES string of the molecule is CSc1ccc(Cl)c(C(=O)NCC23CCCC(CCC2)C3)c1. The van der Waals surface area contributed by atoms with E-state index < -0.39 is 0 Å². The standard InChI is InChI=1S/C18H24ClNOS/c1-22-14-6-7-16(19)15(10-14)17(21)20-12-18-8-2-4-13(11-18)5-3-9-18/h6-7,10,13H,2-5,8-9,11-12H2,1H3,(H,20,21). The van der Waals surface area contributed by atoms with Gasteiger partial charge in [0.25, 0.3) is 5.91 Å². The van der Waals surface area contributed by atoms with Crippen molar-refractivity contribution in [1.29, 1.82) is 0 Å². The molecule has 3 rings (SSSR count). The Labute approximate surface area is 142 Å². The molecule has 0 radical (unpaired) electrons. The van der Waals surface area contributed by atoms with E-state index in [0.29, 0.717) is 16.0 Å². The van der Waals surface area contributed by atoms with E-state index in [1.54, 1.807) is 11.8 Å². The maximum atomic E-state index is 12.5. The van der Waals surface area contributed by atoms with Crippen LogP contribution in [0.1, 0.15) is 55.3 Å². The van der Waals surface area contributed by atoms with Gasteiger partial charge in [0, 0.05) is 11.4 Å². The van der Waals surface area contributed by atoms with Gasteiger partial charge in [-0.15, -0.1) is 11.8 Å². The summed E-state index contributed by atoms with van der Waals surface area (Å²) in [5.74, 6) is 0.866. The number of carbonyl (C=O) groups excluding carboxylic acids is 1. The normalized spacial score (nSPS) is 27.5. The molecule has 1 N–H and O–H groups in total. The van der Waals surface area contributed by atoms with Gasteiger partial charge < -0.3 is 5.32 Å². The summed E-state index contributed by atoms with van der Waals surface area (Å²) in [7, 11) is 0. The first-order chi connectivity index (χ1) is 10.6. The van der Waals surface area contributed by atoms with Crippen molar-refractivity contribution >= 4 is 29.3 Å². The fourth-order valence-corrected chi connectivity index (χ4v) is 4.88. The van der Waals surface area contributed by atoms with Gasteiger partial charge in [0.2, 0.25) is 0 Å². The molecular weight excluding hydrogens is 314 g/mol. The molecule has 1 amide bonds. The predicted octanol–water partition coefficient (Wildman–Crippen LogP) is 5.15. The molecular formula is C18H24ClNOS. The van der Waals surface area contributed by atoms with Crippen LogP contribution in [0.25, 0.3) is 0 Å². The lowest BCUT2D eigenvalue weighted by molar-refractivity contribution is 0.0681. The van der Waals surface area contributed by atoms with Gasteiger partial charge >= 0.3 is 0 Å². The van der Waals surface area contributed by atoms with Gasteiger partial charge in [-0.25, -0.2) is 0 Å². The summed E-state index contributed by atoms with van der Waals surface area (Å²) in [6.07, 6.45) is 11.3. The van der Waals surface area contributed by atoms with Gasteiger partial charge in [-0.3, -0.25) is 4.79 Å².